The number of hydrogen-bond acceptors (Lipinski definition) is 5. The van der Waals surface area contributed by atoms with E-state index in [1.165, 1.54) is 18.7 Å². The molecule has 2 aromatic carbocycles. The summed E-state index contributed by atoms with van der Waals surface area (Å²) in [6.07, 6.45) is 0. The number of benzene rings is 2. The van der Waals surface area contributed by atoms with Crippen LogP contribution in [-0.2, 0) is 9.59 Å². The van der Waals surface area contributed by atoms with Gasteiger partial charge in [-0.1, -0.05) is 36.0 Å². The van der Waals surface area contributed by atoms with E-state index in [4.69, 9.17) is 0 Å². The van der Waals surface area contributed by atoms with E-state index in [1.807, 2.05) is 31.2 Å². The molecule has 0 aliphatic rings. The van der Waals surface area contributed by atoms with E-state index < -0.39 is 0 Å². The van der Waals surface area contributed by atoms with Crippen molar-refractivity contribution in [3.63, 3.8) is 0 Å². The predicted octanol–water partition coefficient (Wildman–Crippen LogP) is 3.47. The minimum Gasteiger partial charge on any atom is -0.326 e. The van der Waals surface area contributed by atoms with Gasteiger partial charge in [0.2, 0.25) is 17.0 Å². The second kappa shape index (κ2) is 8.50. The number of anilines is 2. The number of H-pyrrole nitrogens is 1. The van der Waals surface area contributed by atoms with Gasteiger partial charge >= 0.3 is 0 Å². The fraction of sp³-hybridized carbons (Fsp3) is 0.158. The monoisotopic (exact) mass is 381 g/mol. The van der Waals surface area contributed by atoms with Crippen LogP contribution in [0.2, 0.25) is 0 Å². The average molecular weight is 381 g/mol. The van der Waals surface area contributed by atoms with E-state index in [9.17, 15) is 9.59 Å². The van der Waals surface area contributed by atoms with Crippen molar-refractivity contribution < 1.29 is 9.59 Å². The Kier molecular flexibility index (Phi) is 5.87. The molecule has 0 spiro atoms. The summed E-state index contributed by atoms with van der Waals surface area (Å²) in [5.41, 5.74) is 3.43. The molecule has 1 heterocycles. The SMILES string of the molecule is CC(=O)Nc1ccc(NC(=O)CSc2n[nH]c(-c3ccccc3C)n2)cc1. The van der Waals surface area contributed by atoms with Crippen molar-refractivity contribution in [3.8, 4) is 11.4 Å². The maximum Gasteiger partial charge on any atom is 0.234 e. The topological polar surface area (TPSA) is 99.8 Å². The number of aromatic nitrogens is 3. The summed E-state index contributed by atoms with van der Waals surface area (Å²) >= 11 is 1.26. The lowest BCUT2D eigenvalue weighted by atomic mass is 10.1. The van der Waals surface area contributed by atoms with E-state index in [-0.39, 0.29) is 17.6 Å². The minimum absolute atomic E-state index is 0.139. The lowest BCUT2D eigenvalue weighted by molar-refractivity contribution is -0.114. The van der Waals surface area contributed by atoms with Crippen LogP contribution in [0.1, 0.15) is 12.5 Å². The first-order valence-electron chi connectivity index (χ1n) is 8.30. The van der Waals surface area contributed by atoms with Gasteiger partial charge in [0.25, 0.3) is 0 Å². The quantitative estimate of drug-likeness (QED) is 0.568. The molecule has 3 aromatic rings. The molecule has 1 aromatic heterocycles. The molecule has 3 rings (SSSR count). The van der Waals surface area contributed by atoms with E-state index in [0.29, 0.717) is 22.4 Å². The smallest absolute Gasteiger partial charge is 0.234 e. The van der Waals surface area contributed by atoms with Gasteiger partial charge in [-0.2, -0.15) is 0 Å². The molecule has 0 radical (unpaired) electrons. The summed E-state index contributed by atoms with van der Waals surface area (Å²) in [7, 11) is 0. The average Bonchev–Trinajstić information content (AvgIpc) is 3.10. The van der Waals surface area contributed by atoms with Crippen molar-refractivity contribution in [3.05, 3.63) is 54.1 Å². The summed E-state index contributed by atoms with van der Waals surface area (Å²) in [6.45, 7) is 3.45. The van der Waals surface area contributed by atoms with Gasteiger partial charge in [0.15, 0.2) is 5.82 Å². The Morgan fingerprint density at radius 2 is 1.70 bits per heavy atom. The van der Waals surface area contributed by atoms with Crippen LogP contribution < -0.4 is 10.6 Å². The number of nitrogens with one attached hydrogen (secondary N) is 3. The fourth-order valence-electron chi connectivity index (χ4n) is 2.44. The number of hydrogen-bond donors (Lipinski definition) is 3. The maximum atomic E-state index is 12.1. The van der Waals surface area contributed by atoms with Crippen LogP contribution in [0.25, 0.3) is 11.4 Å². The summed E-state index contributed by atoms with van der Waals surface area (Å²) in [5.74, 6) is 0.581. The van der Waals surface area contributed by atoms with Gasteiger partial charge in [-0.3, -0.25) is 14.7 Å². The lowest BCUT2D eigenvalue weighted by Crippen LogP contribution is -2.14. The summed E-state index contributed by atoms with van der Waals surface area (Å²) in [5, 5.41) is 13.1. The zero-order chi connectivity index (χ0) is 19.2. The molecule has 138 valence electrons. The zero-order valence-electron chi connectivity index (χ0n) is 14.9. The summed E-state index contributed by atoms with van der Waals surface area (Å²) < 4.78 is 0. The molecule has 8 heteroatoms. The van der Waals surface area contributed by atoms with Crippen LogP contribution in [0.3, 0.4) is 0 Å². The highest BCUT2D eigenvalue weighted by Gasteiger charge is 2.10. The van der Waals surface area contributed by atoms with Crippen molar-refractivity contribution in [2.75, 3.05) is 16.4 Å². The molecule has 0 saturated heterocycles. The summed E-state index contributed by atoms with van der Waals surface area (Å²) in [4.78, 5) is 27.6. The maximum absolute atomic E-state index is 12.1. The van der Waals surface area contributed by atoms with Crippen LogP contribution in [0.4, 0.5) is 11.4 Å². The molecule has 2 amide bonds. The molecule has 0 saturated carbocycles. The number of carbonyl (C=O) groups excluding carboxylic acids is 2. The molecule has 0 bridgehead atoms. The molecular formula is C19H19N5O2S. The number of aromatic amines is 1. The lowest BCUT2D eigenvalue weighted by Gasteiger charge is -2.06. The van der Waals surface area contributed by atoms with Crippen molar-refractivity contribution in [2.45, 2.75) is 19.0 Å². The Bertz CT molecular complexity index is 953. The fourth-order valence-corrected chi connectivity index (χ4v) is 3.04. The van der Waals surface area contributed by atoms with E-state index in [0.717, 1.165) is 11.1 Å². The van der Waals surface area contributed by atoms with Gasteiger partial charge in [0.05, 0.1) is 5.75 Å². The van der Waals surface area contributed by atoms with E-state index in [2.05, 4.69) is 25.8 Å². The van der Waals surface area contributed by atoms with Crippen molar-refractivity contribution in [1.29, 1.82) is 0 Å². The van der Waals surface area contributed by atoms with Gasteiger partial charge < -0.3 is 10.6 Å². The van der Waals surface area contributed by atoms with Gasteiger partial charge in [-0.25, -0.2) is 4.98 Å². The van der Waals surface area contributed by atoms with Crippen molar-refractivity contribution in [1.82, 2.24) is 15.2 Å². The van der Waals surface area contributed by atoms with E-state index >= 15 is 0 Å². The summed E-state index contributed by atoms with van der Waals surface area (Å²) in [6, 6.07) is 14.8. The van der Waals surface area contributed by atoms with E-state index in [1.54, 1.807) is 24.3 Å². The highest BCUT2D eigenvalue weighted by Crippen LogP contribution is 2.22. The first kappa shape index (κ1) is 18.7. The molecule has 0 fully saturated rings. The standard InChI is InChI=1S/C19H19N5O2S/c1-12-5-3-4-6-16(12)18-22-19(24-23-18)27-11-17(26)21-15-9-7-14(8-10-15)20-13(2)25/h3-10H,11H2,1-2H3,(H,20,25)(H,21,26)(H,22,23,24). The molecule has 0 atom stereocenters. The highest BCUT2D eigenvalue weighted by molar-refractivity contribution is 7.99. The second-order valence-electron chi connectivity index (χ2n) is 5.88. The number of carbonyl (C=O) groups is 2. The van der Waals surface area contributed by atoms with Crippen LogP contribution in [-0.4, -0.2) is 32.7 Å². The van der Waals surface area contributed by atoms with Crippen molar-refractivity contribution in [2.24, 2.45) is 0 Å². The number of thioether (sulfide) groups is 1. The molecular weight excluding hydrogens is 362 g/mol. The predicted molar refractivity (Wildman–Crippen MR) is 107 cm³/mol. The highest BCUT2D eigenvalue weighted by atomic mass is 32.2. The third-order valence-electron chi connectivity index (χ3n) is 3.69. The third kappa shape index (κ3) is 5.18. The first-order chi connectivity index (χ1) is 13.0. The van der Waals surface area contributed by atoms with Crippen LogP contribution in [0, 0.1) is 6.92 Å². The Morgan fingerprint density at radius 3 is 2.37 bits per heavy atom. The van der Waals surface area contributed by atoms with Gasteiger partial charge in [-0.15, -0.1) is 5.10 Å². The normalized spacial score (nSPS) is 10.4. The van der Waals surface area contributed by atoms with Gasteiger partial charge in [0, 0.05) is 23.9 Å². The zero-order valence-corrected chi connectivity index (χ0v) is 15.8. The number of amides is 2. The minimum atomic E-state index is -0.158. The number of aryl methyl sites for hydroxylation is 1. The Labute approximate surface area is 161 Å². The molecule has 3 N–H and O–H groups in total. The third-order valence-corrected chi connectivity index (χ3v) is 4.53. The first-order valence-corrected chi connectivity index (χ1v) is 9.28. The van der Waals surface area contributed by atoms with Crippen LogP contribution >= 0.6 is 11.8 Å². The molecule has 27 heavy (non-hydrogen) atoms. The second-order valence-corrected chi connectivity index (χ2v) is 6.82. The van der Waals surface area contributed by atoms with Gasteiger partial charge in [0.1, 0.15) is 0 Å². The molecule has 0 aliphatic heterocycles. The van der Waals surface area contributed by atoms with Crippen molar-refractivity contribution >= 4 is 35.0 Å². The Hall–Kier alpha value is -3.13. The molecule has 0 unspecified atom stereocenters. The van der Waals surface area contributed by atoms with Crippen LogP contribution in [0.5, 0.6) is 0 Å². The number of nitrogens with zero attached hydrogens (tertiary/aromatic N) is 2. The number of rotatable bonds is 6. The van der Waals surface area contributed by atoms with Gasteiger partial charge in [-0.05, 0) is 36.8 Å². The Balaban J connectivity index is 1.54. The Morgan fingerprint density at radius 1 is 1.04 bits per heavy atom. The molecule has 7 nitrogen and oxygen atoms in total. The van der Waals surface area contributed by atoms with Crippen LogP contribution in [0.15, 0.2) is 53.7 Å². The largest absolute Gasteiger partial charge is 0.326 e. The molecule has 0 aliphatic carbocycles.